The molecule has 3 aromatic rings. The van der Waals surface area contributed by atoms with Crippen LogP contribution in [0.25, 0.3) is 0 Å². The Morgan fingerprint density at radius 3 is 2.00 bits per heavy atom. The third-order valence-electron chi connectivity index (χ3n) is 4.24. The van der Waals surface area contributed by atoms with Crippen LogP contribution in [-0.2, 0) is 4.79 Å². The minimum Gasteiger partial charge on any atom is -0.497 e. The molecule has 0 saturated carbocycles. The van der Waals surface area contributed by atoms with Gasteiger partial charge in [0.25, 0.3) is 17.7 Å². The van der Waals surface area contributed by atoms with Gasteiger partial charge >= 0.3 is 0 Å². The van der Waals surface area contributed by atoms with Crippen molar-refractivity contribution in [2.75, 3.05) is 19.0 Å². The lowest BCUT2D eigenvalue weighted by Gasteiger charge is -2.10. The Labute approximate surface area is 189 Å². The maximum absolute atomic E-state index is 12.2. The highest BCUT2D eigenvalue weighted by atomic mass is 35.5. The van der Waals surface area contributed by atoms with Gasteiger partial charge in [0.05, 0.1) is 7.11 Å². The minimum absolute atomic E-state index is 0.208. The molecule has 3 amide bonds. The van der Waals surface area contributed by atoms with E-state index in [2.05, 4.69) is 16.2 Å². The number of carbonyl (C=O) groups excluding carboxylic acids is 3. The van der Waals surface area contributed by atoms with Crippen LogP contribution >= 0.6 is 11.6 Å². The molecule has 0 aliphatic rings. The van der Waals surface area contributed by atoms with Gasteiger partial charge in [0, 0.05) is 27.9 Å². The Balaban J connectivity index is 1.46. The molecule has 0 aliphatic heterocycles. The van der Waals surface area contributed by atoms with E-state index in [-0.39, 0.29) is 12.5 Å². The average Bonchev–Trinajstić information content (AvgIpc) is 2.82. The van der Waals surface area contributed by atoms with Crippen molar-refractivity contribution in [1.29, 1.82) is 0 Å². The molecule has 3 aromatic carbocycles. The number of hydrogen-bond donors (Lipinski definition) is 3. The number of methoxy groups -OCH3 is 1. The molecule has 0 radical (unpaired) electrons. The average molecular weight is 454 g/mol. The summed E-state index contributed by atoms with van der Waals surface area (Å²) in [6.45, 7) is -0.208. The highest BCUT2D eigenvalue weighted by Gasteiger charge is 2.10. The van der Waals surface area contributed by atoms with Crippen molar-refractivity contribution in [3.05, 3.63) is 88.9 Å². The Bertz CT molecular complexity index is 1100. The van der Waals surface area contributed by atoms with Gasteiger partial charge in [-0.15, -0.1) is 0 Å². The Morgan fingerprint density at radius 1 is 0.812 bits per heavy atom. The van der Waals surface area contributed by atoms with Gasteiger partial charge < -0.3 is 14.8 Å². The molecule has 0 aliphatic carbocycles. The van der Waals surface area contributed by atoms with Crippen LogP contribution in [0.15, 0.2) is 72.8 Å². The second-order valence-electron chi connectivity index (χ2n) is 6.51. The molecule has 8 nitrogen and oxygen atoms in total. The van der Waals surface area contributed by atoms with Gasteiger partial charge in [0.2, 0.25) is 0 Å². The summed E-state index contributed by atoms with van der Waals surface area (Å²) in [4.78, 5) is 36.3. The molecule has 3 rings (SSSR count). The van der Waals surface area contributed by atoms with Crippen molar-refractivity contribution in [2.45, 2.75) is 0 Å². The first-order valence-electron chi connectivity index (χ1n) is 9.47. The van der Waals surface area contributed by atoms with E-state index >= 15 is 0 Å². The zero-order valence-electron chi connectivity index (χ0n) is 17.1. The number of carbonyl (C=O) groups is 3. The van der Waals surface area contributed by atoms with Crippen LogP contribution in [0.4, 0.5) is 5.69 Å². The molecule has 0 atom stereocenters. The van der Waals surface area contributed by atoms with Gasteiger partial charge in [-0.25, -0.2) is 0 Å². The first-order valence-corrected chi connectivity index (χ1v) is 9.85. The third kappa shape index (κ3) is 6.48. The Hall–Kier alpha value is -4.04. The van der Waals surface area contributed by atoms with Crippen molar-refractivity contribution in [3.63, 3.8) is 0 Å². The Kier molecular flexibility index (Phi) is 7.66. The number of anilines is 1. The highest BCUT2D eigenvalue weighted by molar-refractivity contribution is 6.30. The maximum Gasteiger partial charge on any atom is 0.269 e. The molecular weight excluding hydrogens is 434 g/mol. The number of rotatable bonds is 7. The summed E-state index contributed by atoms with van der Waals surface area (Å²) in [6.07, 6.45) is 0. The SMILES string of the molecule is COc1cccc(NC(=O)COc2ccc(C(=O)NNC(=O)c3ccc(Cl)cc3)cc2)c1. The molecule has 164 valence electrons. The van der Waals surface area contributed by atoms with E-state index in [0.717, 1.165) is 0 Å². The lowest BCUT2D eigenvalue weighted by atomic mass is 10.2. The number of hydrogen-bond acceptors (Lipinski definition) is 5. The highest BCUT2D eigenvalue weighted by Crippen LogP contribution is 2.17. The van der Waals surface area contributed by atoms with E-state index in [4.69, 9.17) is 21.1 Å². The molecule has 0 saturated heterocycles. The van der Waals surface area contributed by atoms with Crippen molar-refractivity contribution < 1.29 is 23.9 Å². The fourth-order valence-electron chi connectivity index (χ4n) is 2.61. The molecular formula is C23H20ClN3O5. The predicted octanol–water partition coefficient (Wildman–Crippen LogP) is 3.44. The number of amides is 3. The standard InChI is InChI=1S/C23H20ClN3O5/c1-31-20-4-2-3-18(13-20)25-21(28)14-32-19-11-7-16(8-12-19)23(30)27-26-22(29)15-5-9-17(24)10-6-15/h2-13H,14H2,1H3,(H,25,28)(H,26,29)(H,27,30). The molecule has 0 spiro atoms. The molecule has 3 N–H and O–H groups in total. The zero-order valence-corrected chi connectivity index (χ0v) is 17.8. The molecule has 9 heteroatoms. The van der Waals surface area contributed by atoms with E-state index in [1.165, 1.54) is 12.1 Å². The van der Waals surface area contributed by atoms with Crippen molar-refractivity contribution in [3.8, 4) is 11.5 Å². The molecule has 0 bridgehead atoms. The lowest BCUT2D eigenvalue weighted by Crippen LogP contribution is -2.41. The topological polar surface area (TPSA) is 106 Å². The summed E-state index contributed by atoms with van der Waals surface area (Å²) in [5.41, 5.74) is 5.90. The van der Waals surface area contributed by atoms with E-state index in [0.29, 0.717) is 33.3 Å². The van der Waals surface area contributed by atoms with Gasteiger partial charge in [-0.3, -0.25) is 25.2 Å². The summed E-state index contributed by atoms with van der Waals surface area (Å²) >= 11 is 5.79. The number of halogens is 1. The van der Waals surface area contributed by atoms with E-state index in [9.17, 15) is 14.4 Å². The summed E-state index contributed by atoms with van der Waals surface area (Å²) in [7, 11) is 1.54. The first-order chi connectivity index (χ1) is 15.4. The fourth-order valence-corrected chi connectivity index (χ4v) is 2.73. The normalized spacial score (nSPS) is 10.1. The van der Waals surface area contributed by atoms with Crippen molar-refractivity contribution in [1.82, 2.24) is 10.9 Å². The van der Waals surface area contributed by atoms with Crippen molar-refractivity contribution in [2.24, 2.45) is 0 Å². The number of benzene rings is 3. The van der Waals surface area contributed by atoms with Crippen LogP contribution in [0, 0.1) is 0 Å². The number of ether oxygens (including phenoxy) is 2. The second-order valence-corrected chi connectivity index (χ2v) is 6.94. The molecule has 0 unspecified atom stereocenters. The van der Waals surface area contributed by atoms with Gasteiger partial charge in [-0.05, 0) is 60.7 Å². The van der Waals surface area contributed by atoms with Crippen LogP contribution in [0.1, 0.15) is 20.7 Å². The summed E-state index contributed by atoms with van der Waals surface area (Å²) in [5, 5.41) is 3.21. The fraction of sp³-hybridized carbons (Fsp3) is 0.0870. The molecule has 0 aromatic heterocycles. The zero-order chi connectivity index (χ0) is 22.9. The van der Waals surface area contributed by atoms with Gasteiger partial charge in [-0.2, -0.15) is 0 Å². The van der Waals surface area contributed by atoms with Crippen molar-refractivity contribution >= 4 is 35.0 Å². The van der Waals surface area contributed by atoms with Gasteiger partial charge in [0.1, 0.15) is 11.5 Å². The third-order valence-corrected chi connectivity index (χ3v) is 4.49. The quantitative estimate of drug-likeness (QED) is 0.475. The van der Waals surface area contributed by atoms with E-state index in [1.807, 2.05) is 0 Å². The predicted molar refractivity (Wildman–Crippen MR) is 120 cm³/mol. The van der Waals surface area contributed by atoms with Crippen LogP contribution in [0.5, 0.6) is 11.5 Å². The largest absolute Gasteiger partial charge is 0.497 e. The summed E-state index contributed by atoms with van der Waals surface area (Å²) in [5.74, 6) is -0.286. The second kappa shape index (κ2) is 10.8. The molecule has 32 heavy (non-hydrogen) atoms. The maximum atomic E-state index is 12.2. The summed E-state index contributed by atoms with van der Waals surface area (Å²) < 4.78 is 10.6. The lowest BCUT2D eigenvalue weighted by molar-refractivity contribution is -0.118. The molecule has 0 heterocycles. The number of hydrazine groups is 1. The smallest absolute Gasteiger partial charge is 0.269 e. The van der Waals surface area contributed by atoms with E-state index in [1.54, 1.807) is 67.8 Å². The van der Waals surface area contributed by atoms with Crippen LogP contribution in [-0.4, -0.2) is 31.4 Å². The van der Waals surface area contributed by atoms with Crippen LogP contribution < -0.4 is 25.6 Å². The van der Waals surface area contributed by atoms with Gasteiger partial charge in [-0.1, -0.05) is 17.7 Å². The van der Waals surface area contributed by atoms with Gasteiger partial charge in [0.15, 0.2) is 6.61 Å². The molecule has 0 fully saturated rings. The monoisotopic (exact) mass is 453 g/mol. The van der Waals surface area contributed by atoms with E-state index < -0.39 is 11.8 Å². The van der Waals surface area contributed by atoms with Crippen LogP contribution in [0.2, 0.25) is 5.02 Å². The Morgan fingerprint density at radius 2 is 1.41 bits per heavy atom. The first kappa shape index (κ1) is 22.6. The van der Waals surface area contributed by atoms with Crippen LogP contribution in [0.3, 0.4) is 0 Å². The number of nitrogens with one attached hydrogen (secondary N) is 3. The minimum atomic E-state index is -0.505. The summed E-state index contributed by atoms with van der Waals surface area (Å²) in [6, 6.07) is 19.3.